The maximum Gasteiger partial charge on any atom is 0.251 e. The van der Waals surface area contributed by atoms with Gasteiger partial charge in [0.1, 0.15) is 18.2 Å². The van der Waals surface area contributed by atoms with Crippen molar-refractivity contribution in [3.63, 3.8) is 0 Å². The first-order chi connectivity index (χ1) is 12.3. The van der Waals surface area contributed by atoms with E-state index in [9.17, 15) is 13.6 Å². The second-order valence-electron chi connectivity index (χ2n) is 6.39. The number of amides is 1. The van der Waals surface area contributed by atoms with Crippen molar-refractivity contribution in [1.82, 2.24) is 14.8 Å². The molecule has 2 N–H and O–H groups in total. The number of carbonyl (C=O) groups is 1. The van der Waals surface area contributed by atoms with E-state index in [1.807, 2.05) is 6.07 Å². The highest BCUT2D eigenvalue weighted by atomic mass is 19.1. The van der Waals surface area contributed by atoms with Crippen LogP contribution in [0.2, 0.25) is 0 Å². The van der Waals surface area contributed by atoms with Gasteiger partial charge in [0.15, 0.2) is 5.60 Å². The molecule has 2 unspecified atom stereocenters. The molecule has 2 atom stereocenters. The fraction of sp³-hybridized carbons (Fsp3) is 0.353. The summed E-state index contributed by atoms with van der Waals surface area (Å²) >= 11 is 0. The fourth-order valence-electron chi connectivity index (χ4n) is 3.00. The van der Waals surface area contributed by atoms with Gasteiger partial charge in [-0.05, 0) is 24.6 Å². The highest BCUT2D eigenvalue weighted by Gasteiger charge is 2.47. The summed E-state index contributed by atoms with van der Waals surface area (Å²) in [6.07, 6.45) is 3.37. The average Bonchev–Trinajstić information content (AvgIpc) is 3.12. The van der Waals surface area contributed by atoms with Crippen molar-refractivity contribution >= 4 is 5.91 Å². The molecule has 1 aromatic carbocycles. The average molecular weight is 361 g/mol. The summed E-state index contributed by atoms with van der Waals surface area (Å²) in [6, 6.07) is 4.59. The summed E-state index contributed by atoms with van der Waals surface area (Å²) in [7, 11) is 0. The Hall–Kier alpha value is -2.83. The Labute approximate surface area is 148 Å². The molecule has 7 nitrogen and oxygen atoms in total. The highest BCUT2D eigenvalue weighted by molar-refractivity contribution is 5.83. The lowest BCUT2D eigenvalue weighted by atomic mass is 9.93. The third-order valence-electron chi connectivity index (χ3n) is 4.30. The molecule has 1 fully saturated rings. The van der Waals surface area contributed by atoms with Gasteiger partial charge in [-0.25, -0.2) is 8.78 Å². The van der Waals surface area contributed by atoms with Gasteiger partial charge in [-0.15, -0.1) is 0 Å². The Morgan fingerprint density at radius 3 is 2.77 bits per heavy atom. The molecule has 0 aliphatic carbocycles. The lowest BCUT2D eigenvalue weighted by Crippen LogP contribution is -2.41. The monoisotopic (exact) mass is 361 g/mol. The summed E-state index contributed by atoms with van der Waals surface area (Å²) < 4.78 is 28.7. The van der Waals surface area contributed by atoms with Crippen LogP contribution in [0.4, 0.5) is 8.78 Å². The molecule has 1 saturated heterocycles. The van der Waals surface area contributed by atoms with Gasteiger partial charge >= 0.3 is 0 Å². The Balaban J connectivity index is 1.90. The zero-order chi connectivity index (χ0) is 18.9. The Morgan fingerprint density at radius 2 is 2.15 bits per heavy atom. The lowest BCUT2D eigenvalue weighted by molar-refractivity contribution is -0.206. The number of nitriles is 1. The van der Waals surface area contributed by atoms with E-state index in [2.05, 4.69) is 5.10 Å². The number of hydrogen-bond acceptors (Lipinski definition) is 5. The van der Waals surface area contributed by atoms with Crippen molar-refractivity contribution in [2.24, 2.45) is 5.73 Å². The predicted octanol–water partition coefficient (Wildman–Crippen LogP) is 1.81. The van der Waals surface area contributed by atoms with Crippen LogP contribution in [0.3, 0.4) is 0 Å². The maximum absolute atomic E-state index is 13.6. The molecule has 1 amide bonds. The van der Waals surface area contributed by atoms with Gasteiger partial charge in [-0.1, -0.05) is 0 Å². The molecule has 136 valence electrons. The topological polar surface area (TPSA) is 97.2 Å². The second-order valence-corrected chi connectivity index (χ2v) is 6.39. The molecule has 0 spiro atoms. The van der Waals surface area contributed by atoms with Crippen molar-refractivity contribution in [3.05, 3.63) is 53.4 Å². The van der Waals surface area contributed by atoms with E-state index in [1.165, 1.54) is 28.8 Å². The molecule has 2 heterocycles. The zero-order valence-electron chi connectivity index (χ0n) is 14.0. The summed E-state index contributed by atoms with van der Waals surface area (Å²) in [5.74, 6) is -2.09. The third kappa shape index (κ3) is 3.56. The number of benzene rings is 1. The molecule has 0 saturated carbocycles. The van der Waals surface area contributed by atoms with E-state index >= 15 is 0 Å². The third-order valence-corrected chi connectivity index (χ3v) is 4.30. The molecule has 3 rings (SSSR count). The molecule has 1 aliphatic heterocycles. The number of nitrogens with two attached hydrogens (primary N) is 1. The fourth-order valence-corrected chi connectivity index (χ4v) is 3.00. The first-order valence-electron chi connectivity index (χ1n) is 7.91. The maximum atomic E-state index is 13.6. The largest absolute Gasteiger partial charge is 0.367 e. The van der Waals surface area contributed by atoms with Gasteiger partial charge in [0.2, 0.25) is 0 Å². The minimum absolute atomic E-state index is 0.0956. The summed E-state index contributed by atoms with van der Waals surface area (Å²) in [5, 5.41) is 14.2. The van der Waals surface area contributed by atoms with Gasteiger partial charge in [0.05, 0.1) is 24.9 Å². The van der Waals surface area contributed by atoms with Crippen molar-refractivity contribution in [1.29, 1.82) is 5.26 Å². The predicted molar refractivity (Wildman–Crippen MR) is 85.8 cm³/mol. The summed E-state index contributed by atoms with van der Waals surface area (Å²) in [5.41, 5.74) is 5.21. The lowest BCUT2D eigenvalue weighted by Gasteiger charge is -2.23. The van der Waals surface area contributed by atoms with E-state index in [4.69, 9.17) is 15.8 Å². The number of rotatable bonds is 5. The first kappa shape index (κ1) is 18.0. The van der Waals surface area contributed by atoms with Crippen LogP contribution in [0, 0.1) is 23.0 Å². The van der Waals surface area contributed by atoms with Gasteiger partial charge in [-0.2, -0.15) is 15.4 Å². The Morgan fingerprint density at radius 1 is 1.46 bits per heavy atom. The molecule has 9 heteroatoms. The quantitative estimate of drug-likeness (QED) is 0.876. The number of aromatic nitrogens is 2. The smallest absolute Gasteiger partial charge is 0.251 e. The van der Waals surface area contributed by atoms with Crippen LogP contribution in [0.1, 0.15) is 30.5 Å². The van der Waals surface area contributed by atoms with Gasteiger partial charge < -0.3 is 5.73 Å². The molecule has 0 radical (unpaired) electrons. The van der Waals surface area contributed by atoms with Crippen molar-refractivity contribution in [3.8, 4) is 6.07 Å². The number of primary amides is 1. The minimum Gasteiger partial charge on any atom is -0.367 e. The van der Waals surface area contributed by atoms with Crippen LogP contribution in [0.15, 0.2) is 30.6 Å². The Kier molecular flexibility index (Phi) is 4.71. The molecule has 1 aliphatic rings. The van der Waals surface area contributed by atoms with Crippen LogP contribution in [0.5, 0.6) is 0 Å². The first-order valence-corrected chi connectivity index (χ1v) is 7.91. The van der Waals surface area contributed by atoms with Gasteiger partial charge in [0, 0.05) is 24.2 Å². The van der Waals surface area contributed by atoms with Gasteiger partial charge in [-0.3, -0.25) is 14.3 Å². The normalized spacial score (nSPS) is 23.1. The van der Waals surface area contributed by atoms with Crippen LogP contribution >= 0.6 is 0 Å². The van der Waals surface area contributed by atoms with E-state index in [1.54, 1.807) is 12.4 Å². The standard InChI is InChI=1S/C17H17F2N5O2/c1-17(16(21)25)7-15(12-4-13(18)6-14(19)5-12)24(26-17)10-11-8-22-23(9-11)3-2-20/h4-6,8-9,15H,3,7,10H2,1H3,(H2,21,25). The number of nitrogens with zero attached hydrogens (tertiary/aromatic N) is 4. The number of halogens is 2. The molecule has 26 heavy (non-hydrogen) atoms. The van der Waals surface area contributed by atoms with Crippen molar-refractivity contribution < 1.29 is 18.4 Å². The highest BCUT2D eigenvalue weighted by Crippen LogP contribution is 2.41. The van der Waals surface area contributed by atoms with E-state index in [0.717, 1.165) is 11.6 Å². The number of carbonyl (C=O) groups excluding carboxylic acids is 1. The zero-order valence-corrected chi connectivity index (χ0v) is 14.0. The molecule has 2 aromatic rings. The molecular formula is C17H17F2N5O2. The van der Waals surface area contributed by atoms with Crippen LogP contribution in [0.25, 0.3) is 0 Å². The van der Waals surface area contributed by atoms with Crippen LogP contribution in [-0.4, -0.2) is 26.4 Å². The Bertz CT molecular complexity index is 858. The van der Waals surface area contributed by atoms with Crippen molar-refractivity contribution in [2.75, 3.05) is 0 Å². The number of hydrogen-bond donors (Lipinski definition) is 1. The number of hydroxylamine groups is 2. The molecule has 0 bridgehead atoms. The summed E-state index contributed by atoms with van der Waals surface area (Å²) in [6.45, 7) is 1.84. The molecule has 1 aromatic heterocycles. The van der Waals surface area contributed by atoms with E-state index in [0.29, 0.717) is 5.56 Å². The second kappa shape index (κ2) is 6.82. The van der Waals surface area contributed by atoms with E-state index in [-0.39, 0.29) is 19.5 Å². The van der Waals surface area contributed by atoms with E-state index < -0.39 is 29.2 Å². The van der Waals surface area contributed by atoms with Crippen LogP contribution < -0.4 is 5.73 Å². The van der Waals surface area contributed by atoms with Crippen LogP contribution in [-0.2, 0) is 22.7 Å². The SMILES string of the molecule is CC1(C(N)=O)CC(c2cc(F)cc(F)c2)N(Cc2cnn(CC#N)c2)O1. The van der Waals surface area contributed by atoms with Gasteiger partial charge in [0.25, 0.3) is 5.91 Å². The van der Waals surface area contributed by atoms with Crippen molar-refractivity contribution in [2.45, 2.75) is 38.1 Å². The minimum atomic E-state index is -1.30. The molecular weight excluding hydrogens is 344 g/mol. The summed E-state index contributed by atoms with van der Waals surface area (Å²) in [4.78, 5) is 17.5.